The van der Waals surface area contributed by atoms with Crippen molar-refractivity contribution < 1.29 is 8.42 Å². The van der Waals surface area contributed by atoms with E-state index in [1.54, 1.807) is 13.8 Å². The van der Waals surface area contributed by atoms with Gasteiger partial charge in [-0.1, -0.05) is 0 Å². The predicted octanol–water partition coefficient (Wildman–Crippen LogP) is 1.27. The average Bonchev–Trinajstić information content (AvgIpc) is 2.74. The summed E-state index contributed by atoms with van der Waals surface area (Å²) in [5, 5.41) is -0.447. The van der Waals surface area contributed by atoms with Gasteiger partial charge in [0, 0.05) is 18.8 Å². The predicted molar refractivity (Wildman–Crippen MR) is 88.2 cm³/mol. The molecule has 0 fully saturated rings. The molecule has 2 rings (SSSR count). The molecule has 8 heteroatoms. The molecule has 122 valence electrons. The standard InChI is InChI=1S/C14H23N5O2S/c1-8(2)22(20,21)16-6-7-19-11(5)18-12-13(19)9(3)10(4)17-14(12)15/h8,16H,6-7H2,1-5H3,(H2,15,17). The second-order valence-corrected chi connectivity index (χ2v) is 8.02. The summed E-state index contributed by atoms with van der Waals surface area (Å²) in [5.41, 5.74) is 9.41. The zero-order valence-electron chi connectivity index (χ0n) is 13.6. The third-order valence-corrected chi connectivity index (χ3v) is 5.69. The molecule has 0 amide bonds. The fourth-order valence-electron chi connectivity index (χ4n) is 2.35. The number of sulfonamides is 1. The molecule has 0 saturated heterocycles. The van der Waals surface area contributed by atoms with Gasteiger partial charge >= 0.3 is 0 Å². The molecule has 2 aromatic rings. The van der Waals surface area contributed by atoms with Crippen LogP contribution in [0.2, 0.25) is 0 Å². The topological polar surface area (TPSA) is 103 Å². The number of nitrogen functional groups attached to an aromatic ring is 1. The Bertz CT molecular complexity index is 808. The van der Waals surface area contributed by atoms with Gasteiger partial charge in [-0.25, -0.2) is 23.1 Å². The van der Waals surface area contributed by atoms with Crippen molar-refractivity contribution in [2.24, 2.45) is 0 Å². The first kappa shape index (κ1) is 16.7. The quantitative estimate of drug-likeness (QED) is 0.861. The summed E-state index contributed by atoms with van der Waals surface area (Å²) in [6.07, 6.45) is 0. The van der Waals surface area contributed by atoms with Gasteiger partial charge in [0.1, 0.15) is 11.3 Å². The summed E-state index contributed by atoms with van der Waals surface area (Å²) >= 11 is 0. The van der Waals surface area contributed by atoms with Gasteiger partial charge in [-0.05, 0) is 40.2 Å². The summed E-state index contributed by atoms with van der Waals surface area (Å²) in [4.78, 5) is 8.75. The van der Waals surface area contributed by atoms with E-state index in [9.17, 15) is 8.42 Å². The molecule has 0 spiro atoms. The minimum absolute atomic E-state index is 0.313. The van der Waals surface area contributed by atoms with Crippen LogP contribution in [0.15, 0.2) is 0 Å². The zero-order valence-corrected chi connectivity index (χ0v) is 14.5. The number of pyridine rings is 1. The van der Waals surface area contributed by atoms with Crippen LogP contribution in [0, 0.1) is 20.8 Å². The number of nitrogens with zero attached hydrogens (tertiary/aromatic N) is 3. The molecule has 7 nitrogen and oxygen atoms in total. The molecule has 0 aromatic carbocycles. The summed E-state index contributed by atoms with van der Waals surface area (Å²) < 4.78 is 28.2. The molecule has 22 heavy (non-hydrogen) atoms. The number of aromatic nitrogens is 3. The highest BCUT2D eigenvalue weighted by Gasteiger charge is 2.17. The van der Waals surface area contributed by atoms with Crippen molar-refractivity contribution >= 4 is 26.9 Å². The van der Waals surface area contributed by atoms with E-state index in [0.29, 0.717) is 24.4 Å². The lowest BCUT2D eigenvalue weighted by molar-refractivity contribution is 0.564. The van der Waals surface area contributed by atoms with Crippen molar-refractivity contribution in [3.8, 4) is 0 Å². The Morgan fingerprint density at radius 3 is 2.45 bits per heavy atom. The van der Waals surface area contributed by atoms with Crippen LogP contribution in [0.4, 0.5) is 5.82 Å². The molecule has 2 aromatic heterocycles. The zero-order chi connectivity index (χ0) is 16.7. The number of aryl methyl sites for hydroxylation is 3. The van der Waals surface area contributed by atoms with E-state index in [4.69, 9.17) is 5.73 Å². The van der Waals surface area contributed by atoms with Gasteiger partial charge < -0.3 is 10.3 Å². The highest BCUT2D eigenvalue weighted by Crippen LogP contribution is 2.25. The van der Waals surface area contributed by atoms with Crippen molar-refractivity contribution in [3.63, 3.8) is 0 Å². The number of nitrogens with two attached hydrogens (primary N) is 1. The lowest BCUT2D eigenvalue weighted by Gasteiger charge is -2.12. The Balaban J connectivity index is 2.35. The number of hydrogen-bond donors (Lipinski definition) is 2. The van der Waals surface area contributed by atoms with E-state index in [-0.39, 0.29) is 0 Å². The highest BCUT2D eigenvalue weighted by atomic mass is 32.2. The second-order valence-electron chi connectivity index (χ2n) is 5.70. The van der Waals surface area contributed by atoms with Crippen LogP contribution in [0.1, 0.15) is 30.9 Å². The van der Waals surface area contributed by atoms with Crippen molar-refractivity contribution in [1.82, 2.24) is 19.3 Å². The lowest BCUT2D eigenvalue weighted by atomic mass is 10.2. The molecule has 0 unspecified atom stereocenters. The Kier molecular flexibility index (Phi) is 4.44. The minimum Gasteiger partial charge on any atom is -0.382 e. The SMILES string of the molecule is Cc1nc(N)c2nc(C)n(CCNS(=O)(=O)C(C)C)c2c1C. The molecule has 0 saturated carbocycles. The fourth-order valence-corrected chi connectivity index (χ4v) is 3.06. The first-order valence-electron chi connectivity index (χ1n) is 7.23. The Morgan fingerprint density at radius 2 is 1.86 bits per heavy atom. The van der Waals surface area contributed by atoms with Gasteiger partial charge in [0.05, 0.1) is 10.8 Å². The maximum atomic E-state index is 11.8. The summed E-state index contributed by atoms with van der Waals surface area (Å²) in [6, 6.07) is 0. The summed E-state index contributed by atoms with van der Waals surface area (Å²) in [6.45, 7) is 9.87. The summed E-state index contributed by atoms with van der Waals surface area (Å²) in [7, 11) is -3.26. The smallest absolute Gasteiger partial charge is 0.213 e. The average molecular weight is 325 g/mol. The molecule has 0 aliphatic rings. The fraction of sp³-hybridized carbons (Fsp3) is 0.571. The monoisotopic (exact) mass is 325 g/mol. The number of anilines is 1. The molecule has 0 aliphatic carbocycles. The van der Waals surface area contributed by atoms with Crippen LogP contribution in [0.5, 0.6) is 0 Å². The van der Waals surface area contributed by atoms with E-state index >= 15 is 0 Å². The first-order chi connectivity index (χ1) is 10.1. The van der Waals surface area contributed by atoms with Crippen LogP contribution in [-0.4, -0.2) is 34.7 Å². The number of rotatable bonds is 5. The van der Waals surface area contributed by atoms with Crippen LogP contribution in [0.25, 0.3) is 11.0 Å². The summed E-state index contributed by atoms with van der Waals surface area (Å²) in [5.74, 6) is 1.20. The van der Waals surface area contributed by atoms with Crippen LogP contribution in [-0.2, 0) is 16.6 Å². The first-order valence-corrected chi connectivity index (χ1v) is 8.77. The van der Waals surface area contributed by atoms with Gasteiger partial charge in [0.2, 0.25) is 10.0 Å². The second kappa shape index (κ2) is 5.85. The van der Waals surface area contributed by atoms with Gasteiger partial charge in [-0.15, -0.1) is 0 Å². The third-order valence-electron chi connectivity index (χ3n) is 3.85. The van der Waals surface area contributed by atoms with Crippen LogP contribution >= 0.6 is 0 Å². The molecule has 0 atom stereocenters. The van der Waals surface area contributed by atoms with Gasteiger partial charge in [0.25, 0.3) is 0 Å². The molecular weight excluding hydrogens is 302 g/mol. The number of nitrogens with one attached hydrogen (secondary N) is 1. The van der Waals surface area contributed by atoms with Crippen molar-refractivity contribution in [3.05, 3.63) is 17.1 Å². The molecule has 0 radical (unpaired) electrons. The van der Waals surface area contributed by atoms with Crippen molar-refractivity contribution in [1.29, 1.82) is 0 Å². The van der Waals surface area contributed by atoms with Gasteiger partial charge in [-0.3, -0.25) is 0 Å². The molecular formula is C14H23N5O2S. The van der Waals surface area contributed by atoms with Gasteiger partial charge in [0.15, 0.2) is 5.82 Å². The van der Waals surface area contributed by atoms with Gasteiger partial charge in [-0.2, -0.15) is 0 Å². The van der Waals surface area contributed by atoms with E-state index < -0.39 is 15.3 Å². The third kappa shape index (κ3) is 2.93. The lowest BCUT2D eigenvalue weighted by Crippen LogP contribution is -2.33. The highest BCUT2D eigenvalue weighted by molar-refractivity contribution is 7.90. The van der Waals surface area contributed by atoms with Crippen LogP contribution < -0.4 is 10.5 Å². The number of fused-ring (bicyclic) bond motifs is 1. The van der Waals surface area contributed by atoms with E-state index in [2.05, 4.69) is 14.7 Å². The largest absolute Gasteiger partial charge is 0.382 e. The van der Waals surface area contributed by atoms with E-state index in [1.165, 1.54) is 0 Å². The Morgan fingerprint density at radius 1 is 1.23 bits per heavy atom. The normalized spacial score (nSPS) is 12.5. The molecule has 0 bridgehead atoms. The molecule has 3 N–H and O–H groups in total. The van der Waals surface area contributed by atoms with E-state index in [1.807, 2.05) is 25.3 Å². The number of hydrogen-bond acceptors (Lipinski definition) is 5. The Hall–Kier alpha value is -1.67. The van der Waals surface area contributed by atoms with E-state index in [0.717, 1.165) is 22.6 Å². The molecule has 2 heterocycles. The molecule has 0 aliphatic heterocycles. The van der Waals surface area contributed by atoms with Crippen molar-refractivity contribution in [2.75, 3.05) is 12.3 Å². The van der Waals surface area contributed by atoms with Crippen LogP contribution in [0.3, 0.4) is 0 Å². The Labute approximate surface area is 131 Å². The van der Waals surface area contributed by atoms with Crippen molar-refractivity contribution in [2.45, 2.75) is 46.4 Å². The maximum Gasteiger partial charge on any atom is 0.213 e. The maximum absolute atomic E-state index is 11.8. The number of imidazole rings is 1. The minimum atomic E-state index is -3.26.